The average molecular weight is 433 g/mol. The lowest BCUT2D eigenvalue weighted by molar-refractivity contribution is -0.119. The molecule has 2 aromatic heterocycles. The fraction of sp³-hybridized carbons (Fsp3) is 0.208. The third-order valence-corrected chi connectivity index (χ3v) is 5.97. The molecule has 4 aromatic rings. The molecule has 158 valence electrons. The van der Waals surface area contributed by atoms with Gasteiger partial charge in [0.2, 0.25) is 5.91 Å². The van der Waals surface area contributed by atoms with Gasteiger partial charge in [0.25, 0.3) is 0 Å². The minimum Gasteiger partial charge on any atom is -0.461 e. The van der Waals surface area contributed by atoms with E-state index in [4.69, 9.17) is 4.42 Å². The molecular formula is C24H24N4O2S. The van der Waals surface area contributed by atoms with E-state index in [1.165, 1.54) is 17.3 Å². The lowest BCUT2D eigenvalue weighted by atomic mass is 10.0. The molecule has 1 N–H and O–H groups in total. The summed E-state index contributed by atoms with van der Waals surface area (Å²) in [6, 6.07) is 22.1. The molecule has 0 aliphatic rings. The fourth-order valence-corrected chi connectivity index (χ4v) is 4.17. The van der Waals surface area contributed by atoms with Crippen LogP contribution in [0.4, 0.5) is 0 Å². The van der Waals surface area contributed by atoms with E-state index in [0.29, 0.717) is 23.3 Å². The Morgan fingerprint density at radius 1 is 1.03 bits per heavy atom. The third-order valence-electron chi connectivity index (χ3n) is 5.00. The van der Waals surface area contributed by atoms with Crippen molar-refractivity contribution in [3.63, 3.8) is 0 Å². The highest BCUT2D eigenvalue weighted by molar-refractivity contribution is 7.99. The number of rotatable bonds is 8. The van der Waals surface area contributed by atoms with Gasteiger partial charge in [-0.25, -0.2) is 0 Å². The molecule has 0 saturated carbocycles. The second-order valence-corrected chi connectivity index (χ2v) is 8.04. The van der Waals surface area contributed by atoms with Crippen LogP contribution in [0.3, 0.4) is 0 Å². The number of carbonyl (C=O) groups is 1. The van der Waals surface area contributed by atoms with Gasteiger partial charge in [-0.05, 0) is 42.7 Å². The maximum atomic E-state index is 12.5. The lowest BCUT2D eigenvalue weighted by Gasteiger charge is -2.15. The van der Waals surface area contributed by atoms with Crippen molar-refractivity contribution in [2.24, 2.45) is 0 Å². The van der Waals surface area contributed by atoms with Gasteiger partial charge in [-0.2, -0.15) is 0 Å². The Bertz CT molecular complexity index is 1120. The van der Waals surface area contributed by atoms with E-state index < -0.39 is 0 Å². The Kier molecular flexibility index (Phi) is 6.52. The van der Waals surface area contributed by atoms with Crippen molar-refractivity contribution in [2.45, 2.75) is 31.6 Å². The van der Waals surface area contributed by atoms with Crippen LogP contribution in [0.15, 0.2) is 82.6 Å². The van der Waals surface area contributed by atoms with Gasteiger partial charge in [0, 0.05) is 6.54 Å². The van der Waals surface area contributed by atoms with Crippen LogP contribution in [-0.2, 0) is 11.3 Å². The van der Waals surface area contributed by atoms with Crippen LogP contribution in [0.5, 0.6) is 0 Å². The molecule has 7 heteroatoms. The Morgan fingerprint density at radius 3 is 2.45 bits per heavy atom. The van der Waals surface area contributed by atoms with Crippen molar-refractivity contribution < 1.29 is 9.21 Å². The molecule has 0 bridgehead atoms. The summed E-state index contributed by atoms with van der Waals surface area (Å²) in [5.41, 5.74) is 3.40. The van der Waals surface area contributed by atoms with Crippen molar-refractivity contribution >= 4 is 17.7 Å². The van der Waals surface area contributed by atoms with E-state index in [2.05, 4.69) is 51.9 Å². The quantitative estimate of drug-likeness (QED) is 0.388. The minimum absolute atomic E-state index is 0.0464. The normalized spacial score (nSPS) is 11.9. The van der Waals surface area contributed by atoms with Crippen molar-refractivity contribution in [3.8, 4) is 22.7 Å². The molecule has 1 atom stereocenters. The van der Waals surface area contributed by atoms with Gasteiger partial charge in [-0.1, -0.05) is 66.4 Å². The molecular weight excluding hydrogens is 408 g/mol. The number of benzene rings is 2. The largest absolute Gasteiger partial charge is 0.461 e. The van der Waals surface area contributed by atoms with Gasteiger partial charge >= 0.3 is 0 Å². The predicted octanol–water partition coefficient (Wildman–Crippen LogP) is 5.19. The van der Waals surface area contributed by atoms with Gasteiger partial charge in [-0.3, -0.25) is 9.36 Å². The van der Waals surface area contributed by atoms with E-state index in [1.54, 1.807) is 6.26 Å². The van der Waals surface area contributed by atoms with Gasteiger partial charge < -0.3 is 9.73 Å². The van der Waals surface area contributed by atoms with Crippen LogP contribution in [0.25, 0.3) is 22.7 Å². The maximum Gasteiger partial charge on any atom is 0.230 e. The number of nitrogens with one attached hydrogen (secondary N) is 1. The second kappa shape index (κ2) is 9.66. The van der Waals surface area contributed by atoms with E-state index in [9.17, 15) is 4.79 Å². The Hall–Kier alpha value is -3.32. The van der Waals surface area contributed by atoms with E-state index in [0.717, 1.165) is 11.1 Å². The number of amides is 1. The van der Waals surface area contributed by atoms with Crippen molar-refractivity contribution in [1.29, 1.82) is 0 Å². The standard InChI is InChI=1S/C24H24N4O2S/c1-3-28-23(21-10-7-15-30-21)26-27-24(28)31-16-22(29)25-17(2)18-11-13-20(14-12-18)19-8-5-4-6-9-19/h4-15,17H,3,16H2,1-2H3,(H,25,29)/t17-/m0/s1. The number of carbonyl (C=O) groups excluding carboxylic acids is 1. The zero-order valence-corrected chi connectivity index (χ0v) is 18.3. The van der Waals surface area contributed by atoms with Crippen LogP contribution in [0.2, 0.25) is 0 Å². The van der Waals surface area contributed by atoms with Crippen LogP contribution in [-0.4, -0.2) is 26.4 Å². The first-order chi connectivity index (χ1) is 15.2. The summed E-state index contributed by atoms with van der Waals surface area (Å²) in [5, 5.41) is 12.2. The van der Waals surface area contributed by atoms with E-state index in [1.807, 2.05) is 48.7 Å². The maximum absolute atomic E-state index is 12.5. The minimum atomic E-state index is -0.0827. The Labute approximate surface area is 185 Å². The zero-order valence-electron chi connectivity index (χ0n) is 17.5. The predicted molar refractivity (Wildman–Crippen MR) is 123 cm³/mol. The second-order valence-electron chi connectivity index (χ2n) is 7.09. The SMILES string of the molecule is CCn1c(SCC(=O)N[C@@H](C)c2ccc(-c3ccccc3)cc2)nnc1-c1ccco1. The number of hydrogen-bond donors (Lipinski definition) is 1. The summed E-state index contributed by atoms with van der Waals surface area (Å²) in [6.07, 6.45) is 1.61. The first kappa shape index (κ1) is 20.9. The molecule has 0 radical (unpaired) electrons. The zero-order chi connectivity index (χ0) is 21.6. The van der Waals surface area contributed by atoms with Crippen LogP contribution in [0.1, 0.15) is 25.5 Å². The van der Waals surface area contributed by atoms with Gasteiger partial charge in [0.05, 0.1) is 18.1 Å². The Morgan fingerprint density at radius 2 is 1.77 bits per heavy atom. The molecule has 0 fully saturated rings. The monoisotopic (exact) mass is 432 g/mol. The van der Waals surface area contributed by atoms with Gasteiger partial charge in [0.15, 0.2) is 16.7 Å². The highest BCUT2D eigenvalue weighted by Crippen LogP contribution is 2.25. The molecule has 4 rings (SSSR count). The molecule has 0 aliphatic carbocycles. The van der Waals surface area contributed by atoms with Gasteiger partial charge in [0.1, 0.15) is 0 Å². The third kappa shape index (κ3) is 4.88. The van der Waals surface area contributed by atoms with E-state index in [-0.39, 0.29) is 17.7 Å². The number of aromatic nitrogens is 3. The molecule has 0 spiro atoms. The smallest absolute Gasteiger partial charge is 0.230 e. The van der Waals surface area contributed by atoms with Crippen molar-refractivity contribution in [2.75, 3.05) is 5.75 Å². The first-order valence-electron chi connectivity index (χ1n) is 10.2. The average Bonchev–Trinajstić information content (AvgIpc) is 3.48. The fourth-order valence-electron chi connectivity index (χ4n) is 3.36. The molecule has 2 aromatic carbocycles. The molecule has 2 heterocycles. The Balaban J connectivity index is 1.35. The summed E-state index contributed by atoms with van der Waals surface area (Å²) in [4.78, 5) is 12.5. The highest BCUT2D eigenvalue weighted by atomic mass is 32.2. The molecule has 6 nitrogen and oxygen atoms in total. The summed E-state index contributed by atoms with van der Waals surface area (Å²) in [5.74, 6) is 1.55. The van der Waals surface area contributed by atoms with Crippen molar-refractivity contribution in [1.82, 2.24) is 20.1 Å². The number of furan rings is 1. The van der Waals surface area contributed by atoms with Gasteiger partial charge in [-0.15, -0.1) is 10.2 Å². The molecule has 31 heavy (non-hydrogen) atoms. The molecule has 0 unspecified atom stereocenters. The number of thioether (sulfide) groups is 1. The highest BCUT2D eigenvalue weighted by Gasteiger charge is 2.17. The summed E-state index contributed by atoms with van der Waals surface area (Å²) >= 11 is 1.37. The topological polar surface area (TPSA) is 73.0 Å². The molecule has 1 amide bonds. The number of nitrogens with zero attached hydrogens (tertiary/aromatic N) is 3. The van der Waals surface area contributed by atoms with Crippen LogP contribution >= 0.6 is 11.8 Å². The van der Waals surface area contributed by atoms with Crippen LogP contribution in [0, 0.1) is 0 Å². The number of hydrogen-bond acceptors (Lipinski definition) is 5. The summed E-state index contributed by atoms with van der Waals surface area (Å²) in [6.45, 7) is 4.70. The lowest BCUT2D eigenvalue weighted by Crippen LogP contribution is -2.28. The molecule has 0 saturated heterocycles. The summed E-state index contributed by atoms with van der Waals surface area (Å²) < 4.78 is 7.37. The summed E-state index contributed by atoms with van der Waals surface area (Å²) in [7, 11) is 0. The first-order valence-corrected chi connectivity index (χ1v) is 11.2. The van der Waals surface area contributed by atoms with E-state index >= 15 is 0 Å². The molecule has 0 aliphatic heterocycles. The van der Waals surface area contributed by atoms with Crippen LogP contribution < -0.4 is 5.32 Å². The van der Waals surface area contributed by atoms with Crippen molar-refractivity contribution in [3.05, 3.63) is 78.6 Å².